The minimum atomic E-state index is -0.203. The first-order valence-electron chi connectivity index (χ1n) is 7.55. The summed E-state index contributed by atoms with van der Waals surface area (Å²) < 4.78 is 1.88. The highest BCUT2D eigenvalue weighted by molar-refractivity contribution is 7.98. The lowest BCUT2D eigenvalue weighted by Gasteiger charge is -2.39. The van der Waals surface area contributed by atoms with Crippen molar-refractivity contribution < 1.29 is 4.79 Å². The molecule has 2 atom stereocenters. The van der Waals surface area contributed by atoms with Crippen molar-refractivity contribution in [3.8, 4) is 0 Å². The number of hydrogen-bond acceptors (Lipinski definition) is 6. The number of nitrogens with one attached hydrogen (secondary N) is 1. The van der Waals surface area contributed by atoms with Gasteiger partial charge in [-0.15, -0.1) is 16.4 Å². The summed E-state index contributed by atoms with van der Waals surface area (Å²) in [6.45, 7) is 4.20. The second-order valence-electron chi connectivity index (χ2n) is 6.66. The molecule has 0 saturated carbocycles. The summed E-state index contributed by atoms with van der Waals surface area (Å²) in [5, 5.41) is 10.7. The van der Waals surface area contributed by atoms with E-state index in [1.54, 1.807) is 11.3 Å². The zero-order valence-corrected chi connectivity index (χ0v) is 14.9. The van der Waals surface area contributed by atoms with Crippen LogP contribution in [0.5, 0.6) is 0 Å². The van der Waals surface area contributed by atoms with Crippen molar-refractivity contribution in [2.45, 2.75) is 31.5 Å². The summed E-state index contributed by atoms with van der Waals surface area (Å²) in [7, 11) is 0. The highest BCUT2D eigenvalue weighted by Gasteiger charge is 2.45. The fraction of sp³-hybridized carbons (Fsp3) is 0.438. The number of ketones is 1. The van der Waals surface area contributed by atoms with Crippen LogP contribution in [0.1, 0.15) is 31.2 Å². The maximum atomic E-state index is 12.9. The number of fused-ring (bicyclic) bond motifs is 2. The number of Topliss-reactive ketones (excluding diaryl/α,β-unsaturated/α-hetero) is 1. The molecule has 2 aromatic rings. The summed E-state index contributed by atoms with van der Waals surface area (Å²) in [4.78, 5) is 18.6. The van der Waals surface area contributed by atoms with Crippen LogP contribution in [0.2, 0.25) is 0 Å². The molecule has 0 spiro atoms. The molecule has 0 unspecified atom stereocenters. The summed E-state index contributed by atoms with van der Waals surface area (Å²) in [5.74, 6) is 0.789. The normalized spacial score (nSPS) is 25.3. The number of rotatable bonds is 2. The maximum Gasteiger partial charge on any atom is 0.227 e. The van der Waals surface area contributed by atoms with E-state index in [4.69, 9.17) is 0 Å². The molecule has 0 saturated heterocycles. The minimum absolute atomic E-state index is 0.102. The van der Waals surface area contributed by atoms with Crippen molar-refractivity contribution in [3.63, 3.8) is 0 Å². The Labute approximate surface area is 143 Å². The van der Waals surface area contributed by atoms with Crippen LogP contribution in [0.15, 0.2) is 34.4 Å². The summed E-state index contributed by atoms with van der Waals surface area (Å²) in [6.07, 6.45) is 4.71. The molecule has 5 nitrogen and oxygen atoms in total. The predicted octanol–water partition coefficient (Wildman–Crippen LogP) is 3.58. The van der Waals surface area contributed by atoms with Crippen molar-refractivity contribution in [2.24, 2.45) is 11.3 Å². The van der Waals surface area contributed by atoms with Gasteiger partial charge >= 0.3 is 0 Å². The van der Waals surface area contributed by atoms with Crippen molar-refractivity contribution in [2.75, 3.05) is 11.6 Å². The molecule has 0 amide bonds. The fourth-order valence-electron chi connectivity index (χ4n) is 3.44. The molecule has 0 aromatic carbocycles. The van der Waals surface area contributed by atoms with Gasteiger partial charge in [0.15, 0.2) is 0 Å². The monoisotopic (exact) mass is 346 g/mol. The van der Waals surface area contributed by atoms with E-state index in [2.05, 4.69) is 41.4 Å². The molecule has 7 heteroatoms. The molecule has 0 radical (unpaired) electrons. The first kappa shape index (κ1) is 15.0. The van der Waals surface area contributed by atoms with E-state index in [0.29, 0.717) is 6.42 Å². The largest absolute Gasteiger partial charge is 0.328 e. The number of hydrogen-bond donors (Lipinski definition) is 1. The van der Waals surface area contributed by atoms with E-state index >= 15 is 0 Å². The van der Waals surface area contributed by atoms with E-state index in [9.17, 15) is 4.79 Å². The molecular formula is C16H18N4OS2. The van der Waals surface area contributed by atoms with E-state index in [-0.39, 0.29) is 23.2 Å². The minimum Gasteiger partial charge on any atom is -0.328 e. The van der Waals surface area contributed by atoms with Gasteiger partial charge < -0.3 is 5.32 Å². The second-order valence-corrected chi connectivity index (χ2v) is 8.41. The molecule has 23 heavy (non-hydrogen) atoms. The Morgan fingerprint density at radius 1 is 1.48 bits per heavy atom. The Morgan fingerprint density at radius 2 is 2.30 bits per heavy atom. The molecule has 0 bridgehead atoms. The zero-order valence-electron chi connectivity index (χ0n) is 13.2. The Kier molecular flexibility index (Phi) is 3.39. The van der Waals surface area contributed by atoms with Gasteiger partial charge in [0.05, 0.1) is 5.92 Å². The van der Waals surface area contributed by atoms with Gasteiger partial charge in [-0.1, -0.05) is 37.8 Å². The number of thiophene rings is 1. The molecule has 3 heterocycles. The van der Waals surface area contributed by atoms with E-state index in [1.807, 2.05) is 22.4 Å². The van der Waals surface area contributed by atoms with Gasteiger partial charge in [0.1, 0.15) is 11.8 Å². The summed E-state index contributed by atoms with van der Waals surface area (Å²) in [6, 6.07) is 4.00. The zero-order chi connectivity index (χ0) is 16.2. The van der Waals surface area contributed by atoms with Crippen molar-refractivity contribution in [3.05, 3.63) is 34.2 Å². The predicted molar refractivity (Wildman–Crippen MR) is 92.9 cm³/mol. The lowest BCUT2D eigenvalue weighted by molar-refractivity contribution is -0.125. The van der Waals surface area contributed by atoms with Crippen LogP contribution in [0.3, 0.4) is 0 Å². The summed E-state index contributed by atoms with van der Waals surface area (Å²) >= 11 is 3.18. The first-order chi connectivity index (χ1) is 11.0. The molecule has 2 aromatic heterocycles. The third kappa shape index (κ3) is 2.42. The van der Waals surface area contributed by atoms with Crippen LogP contribution in [-0.2, 0) is 4.79 Å². The molecule has 2 aliphatic rings. The van der Waals surface area contributed by atoms with Crippen LogP contribution in [0, 0.1) is 11.3 Å². The third-order valence-electron chi connectivity index (χ3n) is 4.32. The standard InChI is InChI=1S/C16H18N4OS2/c1-16(2)7-9-12(10(21)8-16)13(11-5-4-6-23-11)20-14(17-9)18-15(19-20)22-3/h4-7,12-13H,8H2,1-3H3,(H,17,18,19)/t12-,13-/m1/s1. The van der Waals surface area contributed by atoms with Crippen LogP contribution >= 0.6 is 23.1 Å². The van der Waals surface area contributed by atoms with Crippen molar-refractivity contribution in [1.82, 2.24) is 14.8 Å². The number of carbonyl (C=O) groups excluding carboxylic acids is 1. The summed E-state index contributed by atoms with van der Waals surface area (Å²) in [5.41, 5.74) is 0.845. The lowest BCUT2D eigenvalue weighted by atomic mass is 9.73. The van der Waals surface area contributed by atoms with Gasteiger partial charge in [-0.3, -0.25) is 4.79 Å². The van der Waals surface area contributed by atoms with Gasteiger partial charge in [-0.05, 0) is 23.1 Å². The second kappa shape index (κ2) is 5.21. The molecule has 1 aliphatic carbocycles. The SMILES string of the molecule is CSc1nc2n(n1)[C@H](c1cccs1)[C@H]1C(=O)CC(C)(C)C=C1N2. The molecular weight excluding hydrogens is 328 g/mol. The molecule has 120 valence electrons. The Bertz CT molecular complexity index is 791. The highest BCUT2D eigenvalue weighted by Crippen LogP contribution is 2.46. The number of anilines is 1. The fourth-order valence-corrected chi connectivity index (χ4v) is 4.63. The van der Waals surface area contributed by atoms with E-state index < -0.39 is 0 Å². The maximum absolute atomic E-state index is 12.9. The van der Waals surface area contributed by atoms with E-state index in [0.717, 1.165) is 21.7 Å². The van der Waals surface area contributed by atoms with Gasteiger partial charge in [-0.2, -0.15) is 4.98 Å². The Balaban J connectivity index is 1.91. The number of allylic oxidation sites excluding steroid dienone is 2. The first-order valence-corrected chi connectivity index (χ1v) is 9.65. The van der Waals surface area contributed by atoms with Gasteiger partial charge in [-0.25, -0.2) is 4.68 Å². The Morgan fingerprint density at radius 3 is 3.00 bits per heavy atom. The molecule has 0 fully saturated rings. The van der Waals surface area contributed by atoms with Crippen molar-refractivity contribution >= 4 is 34.8 Å². The number of nitrogens with zero attached hydrogens (tertiary/aromatic N) is 3. The lowest BCUT2D eigenvalue weighted by Crippen LogP contribution is -2.41. The smallest absolute Gasteiger partial charge is 0.227 e. The average molecular weight is 346 g/mol. The topological polar surface area (TPSA) is 59.8 Å². The Hall–Kier alpha value is -1.60. The third-order valence-corrected chi connectivity index (χ3v) is 5.80. The van der Waals surface area contributed by atoms with Crippen LogP contribution in [0.25, 0.3) is 0 Å². The molecule has 4 rings (SSSR count). The van der Waals surface area contributed by atoms with Crippen molar-refractivity contribution in [1.29, 1.82) is 0 Å². The van der Waals surface area contributed by atoms with Gasteiger partial charge in [0, 0.05) is 17.0 Å². The van der Waals surface area contributed by atoms with E-state index in [1.165, 1.54) is 11.8 Å². The van der Waals surface area contributed by atoms with Crippen LogP contribution < -0.4 is 5.32 Å². The van der Waals surface area contributed by atoms with Gasteiger partial charge in [0.2, 0.25) is 11.1 Å². The average Bonchev–Trinajstić information content (AvgIpc) is 3.12. The molecule has 1 aliphatic heterocycles. The number of carbonyl (C=O) groups is 1. The molecule has 1 N–H and O–H groups in total. The van der Waals surface area contributed by atoms with Gasteiger partial charge in [0.25, 0.3) is 0 Å². The van der Waals surface area contributed by atoms with Crippen LogP contribution in [-0.4, -0.2) is 26.8 Å². The number of thioether (sulfide) groups is 1. The van der Waals surface area contributed by atoms with Crippen LogP contribution in [0.4, 0.5) is 5.95 Å². The highest BCUT2D eigenvalue weighted by atomic mass is 32.2. The number of aromatic nitrogens is 3. The quantitative estimate of drug-likeness (QED) is 0.842.